The molecular formula is C30H31ClN6OS. The molecule has 2 atom stereocenters. The van der Waals surface area contributed by atoms with E-state index in [1.54, 1.807) is 6.20 Å². The number of rotatable bonds is 6. The van der Waals surface area contributed by atoms with Crippen molar-refractivity contribution in [2.45, 2.75) is 46.7 Å². The highest BCUT2D eigenvalue weighted by atomic mass is 35.5. The zero-order valence-corrected chi connectivity index (χ0v) is 24.1. The lowest BCUT2D eigenvalue weighted by atomic mass is 9.96. The van der Waals surface area contributed by atoms with Crippen LogP contribution in [0.3, 0.4) is 0 Å². The number of benzene rings is 1. The van der Waals surface area contributed by atoms with E-state index in [9.17, 15) is 4.79 Å². The number of carbonyl (C=O) groups excluding carboxylic acids is 1. The smallest absolute Gasteiger partial charge is 0.226 e. The molecule has 0 spiro atoms. The SMILES string of the molecule is Cc1ccnc(-n2c(C)cc([C@H]3[C@H](c4ccccn4)NC(=S)N3c3ccc(NC(=O)C(C)C)c(Cl)c3)c2C)c1. The van der Waals surface area contributed by atoms with Gasteiger partial charge in [0.05, 0.1) is 28.5 Å². The molecule has 0 bridgehead atoms. The molecule has 0 unspecified atom stereocenters. The number of pyridine rings is 2. The maximum absolute atomic E-state index is 12.3. The highest BCUT2D eigenvalue weighted by Gasteiger charge is 2.42. The molecule has 5 rings (SSSR count). The molecule has 1 amide bonds. The van der Waals surface area contributed by atoms with Crippen LogP contribution in [0.1, 0.15) is 54.1 Å². The van der Waals surface area contributed by atoms with Gasteiger partial charge in [0, 0.05) is 35.4 Å². The van der Waals surface area contributed by atoms with Crippen LogP contribution in [0.4, 0.5) is 11.4 Å². The van der Waals surface area contributed by atoms with Gasteiger partial charge in [-0.1, -0.05) is 31.5 Å². The molecule has 0 radical (unpaired) electrons. The van der Waals surface area contributed by atoms with E-state index in [0.29, 0.717) is 15.8 Å². The molecule has 1 aliphatic rings. The van der Waals surface area contributed by atoms with Crippen LogP contribution in [0.25, 0.3) is 5.82 Å². The van der Waals surface area contributed by atoms with Gasteiger partial charge in [-0.05, 0) is 92.6 Å². The molecule has 0 aliphatic carbocycles. The number of carbonyl (C=O) groups is 1. The summed E-state index contributed by atoms with van der Waals surface area (Å²) in [6.07, 6.45) is 3.63. The quantitative estimate of drug-likeness (QED) is 0.259. The van der Waals surface area contributed by atoms with Gasteiger partial charge < -0.3 is 20.1 Å². The topological polar surface area (TPSA) is 75.1 Å². The van der Waals surface area contributed by atoms with E-state index in [-0.39, 0.29) is 23.9 Å². The van der Waals surface area contributed by atoms with Crippen molar-refractivity contribution in [1.82, 2.24) is 19.9 Å². The molecule has 7 nitrogen and oxygen atoms in total. The Kier molecular flexibility index (Phi) is 7.42. The van der Waals surface area contributed by atoms with Crippen molar-refractivity contribution in [3.8, 4) is 5.82 Å². The fourth-order valence-electron chi connectivity index (χ4n) is 5.06. The number of anilines is 2. The highest BCUT2D eigenvalue weighted by molar-refractivity contribution is 7.80. The molecule has 3 aromatic heterocycles. The first-order valence-electron chi connectivity index (χ1n) is 12.9. The second-order valence-corrected chi connectivity index (χ2v) is 11.0. The Labute approximate surface area is 239 Å². The Morgan fingerprint density at radius 3 is 2.51 bits per heavy atom. The molecule has 4 aromatic rings. The van der Waals surface area contributed by atoms with Crippen LogP contribution in [-0.2, 0) is 4.79 Å². The standard InChI is InChI=1S/C30H31ClN6OS/c1-17(2)29(38)34-24-10-9-21(16-23(24)31)37-28(27(35-30(37)39)25-8-6-7-12-32-25)22-15-19(4)36(20(22)5)26-14-18(3)11-13-33-26/h6-17,27-28H,1-5H3,(H,34,38)(H,35,39)/t27-,28-/m0/s1. The van der Waals surface area contributed by atoms with Gasteiger partial charge in [0.2, 0.25) is 5.91 Å². The normalized spacial score (nSPS) is 17.0. The number of hydrogen-bond acceptors (Lipinski definition) is 4. The maximum Gasteiger partial charge on any atom is 0.226 e. The van der Waals surface area contributed by atoms with Gasteiger partial charge in [0.15, 0.2) is 5.11 Å². The van der Waals surface area contributed by atoms with E-state index in [1.807, 2.05) is 62.5 Å². The molecule has 1 fully saturated rings. The fraction of sp³-hybridized carbons (Fsp3) is 0.267. The van der Waals surface area contributed by atoms with Crippen LogP contribution >= 0.6 is 23.8 Å². The van der Waals surface area contributed by atoms with Gasteiger partial charge in [-0.2, -0.15) is 0 Å². The summed E-state index contributed by atoms with van der Waals surface area (Å²) in [5.41, 5.74) is 6.67. The summed E-state index contributed by atoms with van der Waals surface area (Å²) in [6, 6.07) is 17.4. The molecule has 4 heterocycles. The first kappa shape index (κ1) is 26.8. The first-order valence-corrected chi connectivity index (χ1v) is 13.7. The van der Waals surface area contributed by atoms with E-state index >= 15 is 0 Å². The molecule has 39 heavy (non-hydrogen) atoms. The predicted octanol–water partition coefficient (Wildman–Crippen LogP) is 6.62. The first-order chi connectivity index (χ1) is 18.7. The summed E-state index contributed by atoms with van der Waals surface area (Å²) in [6.45, 7) is 9.95. The van der Waals surface area contributed by atoms with Gasteiger partial charge in [0.25, 0.3) is 0 Å². The van der Waals surface area contributed by atoms with E-state index in [4.69, 9.17) is 23.8 Å². The lowest BCUT2D eigenvalue weighted by Crippen LogP contribution is -2.29. The van der Waals surface area contributed by atoms with Crippen molar-refractivity contribution >= 4 is 46.2 Å². The van der Waals surface area contributed by atoms with Crippen molar-refractivity contribution in [2.24, 2.45) is 5.92 Å². The minimum atomic E-state index is -0.204. The van der Waals surface area contributed by atoms with Crippen LogP contribution < -0.4 is 15.5 Å². The minimum absolute atomic E-state index is 0.0895. The summed E-state index contributed by atoms with van der Waals surface area (Å²) < 4.78 is 2.18. The number of halogens is 1. The Morgan fingerprint density at radius 2 is 1.85 bits per heavy atom. The zero-order valence-electron chi connectivity index (χ0n) is 22.6. The van der Waals surface area contributed by atoms with E-state index < -0.39 is 0 Å². The number of nitrogens with zero attached hydrogens (tertiary/aromatic N) is 4. The Morgan fingerprint density at radius 1 is 1.05 bits per heavy atom. The summed E-state index contributed by atoms with van der Waals surface area (Å²) in [4.78, 5) is 23.7. The summed E-state index contributed by atoms with van der Waals surface area (Å²) >= 11 is 12.6. The monoisotopic (exact) mass is 558 g/mol. The molecule has 1 saturated heterocycles. The molecule has 200 valence electrons. The number of nitrogens with one attached hydrogen (secondary N) is 2. The summed E-state index contributed by atoms with van der Waals surface area (Å²) in [5, 5.41) is 7.43. The van der Waals surface area contributed by atoms with Crippen molar-refractivity contribution in [3.63, 3.8) is 0 Å². The summed E-state index contributed by atoms with van der Waals surface area (Å²) in [7, 11) is 0. The highest BCUT2D eigenvalue weighted by Crippen LogP contribution is 2.44. The molecule has 1 aromatic carbocycles. The largest absolute Gasteiger partial charge is 0.351 e. The third-order valence-corrected chi connectivity index (χ3v) is 7.66. The van der Waals surface area contributed by atoms with Gasteiger partial charge in [-0.3, -0.25) is 9.78 Å². The summed E-state index contributed by atoms with van der Waals surface area (Å²) in [5.74, 6) is 0.630. The van der Waals surface area contributed by atoms with E-state index in [1.165, 1.54) is 0 Å². The molecule has 1 aliphatic heterocycles. The molecular weight excluding hydrogens is 528 g/mol. The van der Waals surface area contributed by atoms with Crippen LogP contribution in [0.2, 0.25) is 5.02 Å². The number of aromatic nitrogens is 3. The fourth-order valence-corrected chi connectivity index (χ4v) is 5.63. The van der Waals surface area contributed by atoms with Crippen LogP contribution in [0.15, 0.2) is 67.0 Å². The lowest BCUT2D eigenvalue weighted by molar-refractivity contribution is -0.118. The predicted molar refractivity (Wildman–Crippen MR) is 161 cm³/mol. The van der Waals surface area contributed by atoms with Gasteiger partial charge >= 0.3 is 0 Å². The molecule has 2 N–H and O–H groups in total. The Hall–Kier alpha value is -3.75. The third-order valence-electron chi connectivity index (χ3n) is 7.03. The number of hydrogen-bond donors (Lipinski definition) is 2. The van der Waals surface area contributed by atoms with Crippen LogP contribution in [-0.4, -0.2) is 25.6 Å². The number of amides is 1. The zero-order chi connectivity index (χ0) is 27.8. The van der Waals surface area contributed by atoms with Crippen molar-refractivity contribution in [1.29, 1.82) is 0 Å². The number of thiocarbonyl (C=S) groups is 1. The molecule has 9 heteroatoms. The second-order valence-electron chi connectivity index (χ2n) is 10.2. The van der Waals surface area contributed by atoms with E-state index in [0.717, 1.165) is 39.7 Å². The average Bonchev–Trinajstić information content (AvgIpc) is 3.40. The number of aryl methyl sites for hydroxylation is 2. The van der Waals surface area contributed by atoms with Crippen molar-refractivity contribution in [3.05, 3.63) is 100 Å². The van der Waals surface area contributed by atoms with Crippen LogP contribution in [0.5, 0.6) is 0 Å². The average molecular weight is 559 g/mol. The van der Waals surface area contributed by atoms with Crippen molar-refractivity contribution in [2.75, 3.05) is 10.2 Å². The van der Waals surface area contributed by atoms with Gasteiger partial charge in [-0.25, -0.2) is 4.98 Å². The maximum atomic E-state index is 12.3. The lowest BCUT2D eigenvalue weighted by Gasteiger charge is -2.28. The van der Waals surface area contributed by atoms with Crippen LogP contribution in [0, 0.1) is 26.7 Å². The Balaban J connectivity index is 1.62. The van der Waals surface area contributed by atoms with Gasteiger partial charge in [-0.15, -0.1) is 0 Å². The Bertz CT molecular complexity index is 1550. The third kappa shape index (κ3) is 5.14. The van der Waals surface area contributed by atoms with Gasteiger partial charge in [0.1, 0.15) is 5.82 Å². The van der Waals surface area contributed by atoms with Crippen molar-refractivity contribution < 1.29 is 4.79 Å². The van der Waals surface area contributed by atoms with E-state index in [2.05, 4.69) is 63.0 Å². The second kappa shape index (κ2) is 10.8. The molecule has 0 saturated carbocycles. The minimum Gasteiger partial charge on any atom is -0.351 e.